The number of rotatable bonds is 6. The largest absolute Gasteiger partial charge is 0.463 e. The minimum atomic E-state index is -0.242. The minimum absolute atomic E-state index is 0.0250. The Morgan fingerprint density at radius 2 is 1.87 bits per heavy atom. The maximum Gasteiger partial charge on any atom is 0.302 e. The molecule has 0 spiro atoms. The van der Waals surface area contributed by atoms with Gasteiger partial charge in [0.15, 0.2) is 0 Å². The second-order valence-electron chi connectivity index (χ2n) is 3.82. The Bertz CT molecular complexity index is 216. The number of carbonyl (C=O) groups is 2. The van der Waals surface area contributed by atoms with E-state index in [2.05, 4.69) is 5.32 Å². The first-order valence-electron chi connectivity index (χ1n) is 5.40. The van der Waals surface area contributed by atoms with E-state index >= 15 is 0 Å². The lowest BCUT2D eigenvalue weighted by Gasteiger charge is -2.18. The van der Waals surface area contributed by atoms with Gasteiger partial charge in [0.1, 0.15) is 6.10 Å². The lowest BCUT2D eigenvalue weighted by molar-refractivity contribution is -0.147. The van der Waals surface area contributed by atoms with Crippen LogP contribution in [0.4, 0.5) is 0 Å². The summed E-state index contributed by atoms with van der Waals surface area (Å²) in [5, 5.41) is 2.80. The van der Waals surface area contributed by atoms with Gasteiger partial charge in [-0.2, -0.15) is 0 Å². The van der Waals surface area contributed by atoms with Crippen LogP contribution in [0.3, 0.4) is 0 Å². The Labute approximate surface area is 91.4 Å². The third-order valence-corrected chi connectivity index (χ3v) is 2.16. The molecule has 0 heterocycles. The minimum Gasteiger partial charge on any atom is -0.463 e. The zero-order valence-corrected chi connectivity index (χ0v) is 10.0. The van der Waals surface area contributed by atoms with Crippen molar-refractivity contribution >= 4 is 11.9 Å². The second kappa shape index (κ2) is 7.26. The number of nitrogens with one attached hydrogen (secondary N) is 1. The Morgan fingerprint density at radius 1 is 1.27 bits per heavy atom. The Morgan fingerprint density at radius 3 is 2.27 bits per heavy atom. The molecule has 0 bridgehead atoms. The number of carbonyl (C=O) groups excluding carboxylic acids is 2. The molecule has 0 rings (SSSR count). The third-order valence-electron chi connectivity index (χ3n) is 2.16. The smallest absolute Gasteiger partial charge is 0.302 e. The molecular formula is C11H21NO3. The molecule has 0 saturated heterocycles. The molecule has 0 aromatic heterocycles. The van der Waals surface area contributed by atoms with Gasteiger partial charge in [0.25, 0.3) is 0 Å². The summed E-state index contributed by atoms with van der Waals surface area (Å²) in [6.45, 7) is 6.85. The van der Waals surface area contributed by atoms with Crippen molar-refractivity contribution in [3.05, 3.63) is 0 Å². The van der Waals surface area contributed by atoms with Gasteiger partial charge in [-0.3, -0.25) is 9.59 Å². The molecule has 2 unspecified atom stereocenters. The Kier molecular flexibility index (Phi) is 6.75. The molecule has 0 aliphatic rings. The number of hydrogen-bond acceptors (Lipinski definition) is 3. The van der Waals surface area contributed by atoms with Crippen LogP contribution in [0.5, 0.6) is 0 Å². The highest BCUT2D eigenvalue weighted by Gasteiger charge is 2.12. The normalized spacial score (nSPS) is 14.1. The van der Waals surface area contributed by atoms with Gasteiger partial charge < -0.3 is 10.1 Å². The molecule has 15 heavy (non-hydrogen) atoms. The molecule has 0 radical (unpaired) electrons. The van der Waals surface area contributed by atoms with E-state index in [0.717, 1.165) is 19.3 Å². The van der Waals surface area contributed by atoms with Gasteiger partial charge in [0, 0.05) is 19.9 Å². The summed E-state index contributed by atoms with van der Waals surface area (Å²) < 4.78 is 5.10. The zero-order valence-electron chi connectivity index (χ0n) is 10.0. The average Bonchev–Trinajstić information content (AvgIpc) is 2.10. The highest BCUT2D eigenvalue weighted by molar-refractivity contribution is 5.73. The fourth-order valence-electron chi connectivity index (χ4n) is 1.44. The molecule has 0 saturated carbocycles. The van der Waals surface area contributed by atoms with E-state index in [1.54, 1.807) is 0 Å². The van der Waals surface area contributed by atoms with Crippen LogP contribution in [0, 0.1) is 0 Å². The predicted octanol–water partition coefficient (Wildman–Crippen LogP) is 1.63. The zero-order chi connectivity index (χ0) is 11.8. The lowest BCUT2D eigenvalue weighted by atomic mass is 10.1. The molecule has 4 heteroatoms. The van der Waals surface area contributed by atoms with Crippen LogP contribution in [-0.2, 0) is 14.3 Å². The summed E-state index contributed by atoms with van der Waals surface area (Å²) >= 11 is 0. The van der Waals surface area contributed by atoms with Crippen LogP contribution in [0.1, 0.15) is 47.0 Å². The molecule has 2 atom stereocenters. The Balaban J connectivity index is 3.79. The number of amides is 1. The first-order valence-corrected chi connectivity index (χ1v) is 5.40. The number of ether oxygens (including phenoxy) is 1. The lowest BCUT2D eigenvalue weighted by Crippen LogP contribution is -2.31. The summed E-state index contributed by atoms with van der Waals surface area (Å²) in [6.07, 6.45) is 2.40. The van der Waals surface area contributed by atoms with Crippen LogP contribution in [0.15, 0.2) is 0 Å². The van der Waals surface area contributed by atoms with E-state index in [4.69, 9.17) is 4.74 Å². The van der Waals surface area contributed by atoms with Crippen LogP contribution < -0.4 is 5.32 Å². The van der Waals surface area contributed by atoms with Gasteiger partial charge in [-0.05, 0) is 26.2 Å². The highest BCUT2D eigenvalue weighted by Crippen LogP contribution is 2.09. The van der Waals surface area contributed by atoms with E-state index in [-0.39, 0.29) is 24.0 Å². The van der Waals surface area contributed by atoms with Crippen LogP contribution in [0.2, 0.25) is 0 Å². The van der Waals surface area contributed by atoms with Crippen LogP contribution in [-0.4, -0.2) is 24.0 Å². The van der Waals surface area contributed by atoms with Crippen molar-refractivity contribution in [2.45, 2.75) is 59.1 Å². The maximum atomic E-state index is 10.7. The summed E-state index contributed by atoms with van der Waals surface area (Å²) in [6, 6.07) is 0.132. The molecular weight excluding hydrogens is 194 g/mol. The van der Waals surface area contributed by atoms with Crippen molar-refractivity contribution in [1.29, 1.82) is 0 Å². The molecule has 88 valence electrons. The molecule has 0 aromatic carbocycles. The van der Waals surface area contributed by atoms with Crippen LogP contribution >= 0.6 is 0 Å². The Hall–Kier alpha value is -1.06. The van der Waals surface area contributed by atoms with Crippen molar-refractivity contribution in [2.24, 2.45) is 0 Å². The summed E-state index contributed by atoms with van der Waals surface area (Å²) in [5.74, 6) is -0.267. The van der Waals surface area contributed by atoms with Crippen molar-refractivity contribution in [1.82, 2.24) is 5.32 Å². The summed E-state index contributed by atoms with van der Waals surface area (Å²) in [7, 11) is 0. The van der Waals surface area contributed by atoms with Gasteiger partial charge in [-0.15, -0.1) is 0 Å². The first-order chi connectivity index (χ1) is 6.95. The average molecular weight is 215 g/mol. The first kappa shape index (κ1) is 13.9. The quantitative estimate of drug-likeness (QED) is 0.685. The maximum absolute atomic E-state index is 10.7. The third kappa shape index (κ3) is 7.97. The predicted molar refractivity (Wildman–Crippen MR) is 58.4 cm³/mol. The van der Waals surface area contributed by atoms with E-state index in [9.17, 15) is 9.59 Å². The van der Waals surface area contributed by atoms with Crippen LogP contribution in [0.25, 0.3) is 0 Å². The molecule has 0 aromatic rings. The van der Waals surface area contributed by atoms with E-state index in [1.807, 2.05) is 13.8 Å². The van der Waals surface area contributed by atoms with Gasteiger partial charge in [0.2, 0.25) is 5.91 Å². The molecule has 0 aliphatic carbocycles. The van der Waals surface area contributed by atoms with Crippen molar-refractivity contribution in [3.8, 4) is 0 Å². The topological polar surface area (TPSA) is 55.4 Å². The second-order valence-corrected chi connectivity index (χ2v) is 3.82. The molecule has 1 amide bonds. The molecule has 1 N–H and O–H groups in total. The van der Waals surface area contributed by atoms with Gasteiger partial charge in [-0.1, -0.05) is 6.92 Å². The summed E-state index contributed by atoms with van der Waals surface area (Å²) in [4.78, 5) is 21.5. The number of esters is 1. The van der Waals surface area contributed by atoms with Gasteiger partial charge >= 0.3 is 5.97 Å². The fraction of sp³-hybridized carbons (Fsp3) is 0.818. The van der Waals surface area contributed by atoms with Crippen molar-refractivity contribution in [3.63, 3.8) is 0 Å². The summed E-state index contributed by atoms with van der Waals surface area (Å²) in [5.41, 5.74) is 0. The molecule has 0 fully saturated rings. The number of hydrogen-bond donors (Lipinski definition) is 1. The monoisotopic (exact) mass is 215 g/mol. The van der Waals surface area contributed by atoms with Gasteiger partial charge in [-0.25, -0.2) is 0 Å². The van der Waals surface area contributed by atoms with Gasteiger partial charge in [0.05, 0.1) is 0 Å². The van der Waals surface area contributed by atoms with Crippen molar-refractivity contribution in [2.75, 3.05) is 0 Å². The highest BCUT2D eigenvalue weighted by atomic mass is 16.5. The van der Waals surface area contributed by atoms with Crippen molar-refractivity contribution < 1.29 is 14.3 Å². The van der Waals surface area contributed by atoms with E-state index in [0.29, 0.717) is 0 Å². The van der Waals surface area contributed by atoms with E-state index in [1.165, 1.54) is 13.8 Å². The standard InChI is InChI=1S/C11H21NO3/c1-5-11(15-10(4)14)7-6-8(2)12-9(3)13/h8,11H,5-7H2,1-4H3,(H,12,13). The SMILES string of the molecule is CCC(CCC(C)NC(C)=O)OC(C)=O. The molecule has 4 nitrogen and oxygen atoms in total. The van der Waals surface area contributed by atoms with E-state index < -0.39 is 0 Å². The fourth-order valence-corrected chi connectivity index (χ4v) is 1.44. The molecule has 0 aliphatic heterocycles.